The number of benzene rings is 3. The van der Waals surface area contributed by atoms with E-state index >= 15 is 0 Å². The summed E-state index contributed by atoms with van der Waals surface area (Å²) in [5, 5.41) is 6.95. The zero-order valence-corrected chi connectivity index (χ0v) is 19.2. The summed E-state index contributed by atoms with van der Waals surface area (Å²) in [4.78, 5) is 17.0. The van der Waals surface area contributed by atoms with E-state index in [2.05, 4.69) is 15.4 Å². The lowest BCUT2D eigenvalue weighted by Gasteiger charge is -2.11. The molecule has 0 aliphatic heterocycles. The lowest BCUT2D eigenvalue weighted by molar-refractivity contribution is -0.138. The first-order valence-electron chi connectivity index (χ1n) is 11.1. The molecule has 5 rings (SSSR count). The molecule has 0 radical (unpaired) electrons. The number of hydrogen-bond donors (Lipinski definition) is 1. The van der Waals surface area contributed by atoms with Gasteiger partial charge in [-0.15, -0.1) is 0 Å². The van der Waals surface area contributed by atoms with Crippen molar-refractivity contribution < 1.29 is 31.1 Å². The molecule has 0 saturated carbocycles. The summed E-state index contributed by atoms with van der Waals surface area (Å²) < 4.78 is 79.3. The zero-order valence-electron chi connectivity index (χ0n) is 19.2. The number of hydrogen-bond acceptors (Lipinski definition) is 3. The summed E-state index contributed by atoms with van der Waals surface area (Å²) in [5.74, 6) is -0.711. The largest absolute Gasteiger partial charge is 0.416 e. The topological polar surface area (TPSA) is 59.3 Å². The monoisotopic (exact) mass is 526 g/mol. The predicted octanol–water partition coefficient (Wildman–Crippen LogP) is 7.35. The molecular formula is C27H16F6N4O. The molecule has 0 aliphatic carbocycles. The number of amides is 1. The zero-order chi connectivity index (χ0) is 27.1. The lowest BCUT2D eigenvalue weighted by Crippen LogP contribution is -2.14. The minimum atomic E-state index is -4.58. The van der Waals surface area contributed by atoms with Crippen LogP contribution in [0.1, 0.15) is 21.5 Å². The average molecular weight is 526 g/mol. The van der Waals surface area contributed by atoms with Crippen LogP contribution in [0.15, 0.2) is 91.3 Å². The van der Waals surface area contributed by atoms with Gasteiger partial charge in [-0.25, -0.2) is 9.50 Å². The smallest absolute Gasteiger partial charge is 0.322 e. The Hall–Kier alpha value is -4.67. The van der Waals surface area contributed by atoms with E-state index < -0.39 is 29.4 Å². The fourth-order valence-corrected chi connectivity index (χ4v) is 3.95. The van der Waals surface area contributed by atoms with E-state index in [-0.39, 0.29) is 5.56 Å². The SMILES string of the molecule is O=C(Nc1cccc(-c2ccnc3c(-c4ccc(C(F)(F)F)cc4)cnn23)c1)c1cccc(C(F)(F)F)c1. The standard InChI is InChI=1S/C27H16F6N4O/c28-26(29,30)19-9-7-16(8-10-19)22-15-35-37-23(11-12-34-24(22)37)17-3-2-6-21(14-17)36-25(38)18-4-1-5-20(13-18)27(31,32)33/h1-15H,(H,36,38). The number of aromatic nitrogens is 3. The molecule has 0 fully saturated rings. The molecule has 0 atom stereocenters. The van der Waals surface area contributed by atoms with Gasteiger partial charge in [0.2, 0.25) is 0 Å². The van der Waals surface area contributed by atoms with Gasteiger partial charge in [0, 0.05) is 28.6 Å². The Bertz CT molecular complexity index is 1640. The number of halogens is 6. The fourth-order valence-electron chi connectivity index (χ4n) is 3.95. The molecular weight excluding hydrogens is 510 g/mol. The first kappa shape index (κ1) is 25.0. The van der Waals surface area contributed by atoms with Crippen LogP contribution >= 0.6 is 0 Å². The van der Waals surface area contributed by atoms with E-state index in [1.165, 1.54) is 35.1 Å². The summed E-state index contributed by atoms with van der Waals surface area (Å²) >= 11 is 0. The minimum Gasteiger partial charge on any atom is -0.322 e. The summed E-state index contributed by atoms with van der Waals surface area (Å²) in [6.07, 6.45) is -6.01. The van der Waals surface area contributed by atoms with Gasteiger partial charge in [-0.2, -0.15) is 31.4 Å². The predicted molar refractivity (Wildman–Crippen MR) is 128 cm³/mol. The molecule has 1 N–H and O–H groups in total. The number of anilines is 1. The van der Waals surface area contributed by atoms with E-state index in [1.54, 1.807) is 30.3 Å². The normalized spacial score (nSPS) is 12.1. The highest BCUT2D eigenvalue weighted by Gasteiger charge is 2.31. The van der Waals surface area contributed by atoms with Crippen molar-refractivity contribution in [1.82, 2.24) is 14.6 Å². The number of carbonyl (C=O) groups is 1. The maximum Gasteiger partial charge on any atom is 0.416 e. The fraction of sp³-hybridized carbons (Fsp3) is 0.0741. The molecule has 2 aromatic heterocycles. The first-order valence-corrected chi connectivity index (χ1v) is 11.1. The van der Waals surface area contributed by atoms with Crippen molar-refractivity contribution in [3.63, 3.8) is 0 Å². The van der Waals surface area contributed by atoms with E-state index in [0.717, 1.165) is 30.3 Å². The number of rotatable bonds is 4. The van der Waals surface area contributed by atoms with Gasteiger partial charge >= 0.3 is 12.4 Å². The van der Waals surface area contributed by atoms with Crippen molar-refractivity contribution in [2.24, 2.45) is 0 Å². The van der Waals surface area contributed by atoms with E-state index in [9.17, 15) is 31.1 Å². The van der Waals surface area contributed by atoms with Crippen LogP contribution in [0.3, 0.4) is 0 Å². The lowest BCUT2D eigenvalue weighted by atomic mass is 10.1. The molecule has 5 aromatic rings. The molecule has 0 aliphatic rings. The maximum atomic E-state index is 13.0. The van der Waals surface area contributed by atoms with Crippen molar-refractivity contribution in [3.8, 4) is 22.4 Å². The minimum absolute atomic E-state index is 0.148. The number of carbonyl (C=O) groups excluding carboxylic acids is 1. The summed E-state index contributed by atoms with van der Waals surface area (Å²) in [5.41, 5.74) is 1.10. The van der Waals surface area contributed by atoms with Crippen molar-refractivity contribution in [1.29, 1.82) is 0 Å². The van der Waals surface area contributed by atoms with Crippen LogP contribution in [0.5, 0.6) is 0 Å². The average Bonchev–Trinajstić information content (AvgIpc) is 3.32. The van der Waals surface area contributed by atoms with Crippen LogP contribution in [0.25, 0.3) is 28.0 Å². The van der Waals surface area contributed by atoms with E-state index in [0.29, 0.717) is 33.7 Å². The maximum absolute atomic E-state index is 13.0. The van der Waals surface area contributed by atoms with Crippen LogP contribution in [0.2, 0.25) is 0 Å². The van der Waals surface area contributed by atoms with Gasteiger partial charge in [0.25, 0.3) is 5.91 Å². The Morgan fingerprint density at radius 3 is 2.18 bits per heavy atom. The molecule has 0 unspecified atom stereocenters. The van der Waals surface area contributed by atoms with Gasteiger partial charge in [-0.1, -0.05) is 30.3 Å². The molecule has 1 amide bonds. The highest BCUT2D eigenvalue weighted by atomic mass is 19.4. The van der Waals surface area contributed by atoms with Gasteiger partial charge in [0.15, 0.2) is 5.65 Å². The Morgan fingerprint density at radius 2 is 1.47 bits per heavy atom. The third-order valence-corrected chi connectivity index (χ3v) is 5.79. The third-order valence-electron chi connectivity index (χ3n) is 5.79. The van der Waals surface area contributed by atoms with Crippen LogP contribution < -0.4 is 5.32 Å². The molecule has 2 heterocycles. The number of nitrogens with one attached hydrogen (secondary N) is 1. The Balaban J connectivity index is 1.44. The van der Waals surface area contributed by atoms with E-state index in [4.69, 9.17) is 0 Å². The highest BCUT2D eigenvalue weighted by Crippen LogP contribution is 2.33. The van der Waals surface area contributed by atoms with E-state index in [1.807, 2.05) is 0 Å². The third kappa shape index (κ3) is 4.95. The molecule has 0 bridgehead atoms. The number of alkyl halides is 6. The van der Waals surface area contributed by atoms with Crippen molar-refractivity contribution in [3.05, 3.63) is 108 Å². The highest BCUT2D eigenvalue weighted by molar-refractivity contribution is 6.04. The van der Waals surface area contributed by atoms with Crippen molar-refractivity contribution in [2.75, 3.05) is 5.32 Å². The molecule has 5 nitrogen and oxygen atoms in total. The molecule has 11 heteroatoms. The Labute approximate surface area is 211 Å². The quantitative estimate of drug-likeness (QED) is 0.249. The molecule has 0 spiro atoms. The number of fused-ring (bicyclic) bond motifs is 1. The molecule has 192 valence electrons. The second kappa shape index (κ2) is 9.33. The summed E-state index contributed by atoms with van der Waals surface area (Å²) in [6, 6.07) is 17.1. The van der Waals surface area contributed by atoms with Crippen LogP contribution in [0, 0.1) is 0 Å². The van der Waals surface area contributed by atoms with Crippen molar-refractivity contribution >= 4 is 17.2 Å². The second-order valence-corrected chi connectivity index (χ2v) is 8.31. The summed E-state index contributed by atoms with van der Waals surface area (Å²) in [7, 11) is 0. The van der Waals surface area contributed by atoms with Gasteiger partial charge in [0.05, 0.1) is 23.0 Å². The van der Waals surface area contributed by atoms with Gasteiger partial charge in [-0.05, 0) is 54.1 Å². The summed E-state index contributed by atoms with van der Waals surface area (Å²) in [6.45, 7) is 0. The Morgan fingerprint density at radius 1 is 0.763 bits per heavy atom. The molecule has 38 heavy (non-hydrogen) atoms. The first-order chi connectivity index (χ1) is 18.0. The van der Waals surface area contributed by atoms with Gasteiger partial charge < -0.3 is 5.32 Å². The van der Waals surface area contributed by atoms with Gasteiger partial charge in [-0.3, -0.25) is 4.79 Å². The molecule has 3 aromatic carbocycles. The second-order valence-electron chi connectivity index (χ2n) is 8.31. The van der Waals surface area contributed by atoms with Crippen LogP contribution in [-0.4, -0.2) is 20.5 Å². The van der Waals surface area contributed by atoms with Crippen LogP contribution in [0.4, 0.5) is 32.0 Å². The Kier molecular flexibility index (Phi) is 6.14. The number of nitrogens with zero attached hydrogens (tertiary/aromatic N) is 3. The van der Waals surface area contributed by atoms with Gasteiger partial charge in [0.1, 0.15) is 0 Å². The van der Waals surface area contributed by atoms with Crippen LogP contribution in [-0.2, 0) is 12.4 Å². The molecule has 0 saturated heterocycles. The van der Waals surface area contributed by atoms with Crippen molar-refractivity contribution in [2.45, 2.75) is 12.4 Å².